The minimum Gasteiger partial charge on any atom is -0.327 e. The first kappa shape index (κ1) is 14.1. The number of carbonyl (C=O) groups is 1. The number of hydrogen-bond acceptors (Lipinski definition) is 2. The standard InChI is InChI=1S/C16H24N2O/c1-11(2)15(17)10-13-6-7-16-14(9-13)5-4-8-18(16)12(3)19/h6-7,9,11,15H,4-5,8,10,17H2,1-3H3. The first-order chi connectivity index (χ1) is 8.99. The van der Waals surface area contributed by atoms with E-state index in [1.807, 2.05) is 4.90 Å². The van der Waals surface area contributed by atoms with Crippen molar-refractivity contribution in [2.24, 2.45) is 11.7 Å². The number of amides is 1. The topological polar surface area (TPSA) is 46.3 Å². The molecule has 0 saturated heterocycles. The number of fused-ring (bicyclic) bond motifs is 1. The van der Waals surface area contributed by atoms with E-state index < -0.39 is 0 Å². The second kappa shape index (κ2) is 5.74. The van der Waals surface area contributed by atoms with Crippen molar-refractivity contribution in [1.29, 1.82) is 0 Å². The molecule has 3 heteroatoms. The van der Waals surface area contributed by atoms with Gasteiger partial charge in [-0.15, -0.1) is 0 Å². The Morgan fingerprint density at radius 2 is 2.16 bits per heavy atom. The van der Waals surface area contributed by atoms with Gasteiger partial charge in [0.1, 0.15) is 0 Å². The number of benzene rings is 1. The van der Waals surface area contributed by atoms with Gasteiger partial charge in [-0.2, -0.15) is 0 Å². The molecule has 1 aromatic carbocycles. The average Bonchev–Trinajstić information content (AvgIpc) is 2.37. The van der Waals surface area contributed by atoms with Crippen LogP contribution in [-0.2, 0) is 17.6 Å². The molecule has 0 aromatic heterocycles. The zero-order valence-electron chi connectivity index (χ0n) is 12.1. The minimum absolute atomic E-state index is 0.132. The molecule has 2 N–H and O–H groups in total. The van der Waals surface area contributed by atoms with Crippen molar-refractivity contribution >= 4 is 11.6 Å². The minimum atomic E-state index is 0.132. The van der Waals surface area contributed by atoms with Crippen LogP contribution >= 0.6 is 0 Å². The summed E-state index contributed by atoms with van der Waals surface area (Å²) in [4.78, 5) is 13.5. The van der Waals surface area contributed by atoms with Crippen LogP contribution in [0, 0.1) is 5.92 Å². The van der Waals surface area contributed by atoms with E-state index in [2.05, 4.69) is 32.0 Å². The molecule has 1 aromatic rings. The number of rotatable bonds is 3. The maximum absolute atomic E-state index is 11.6. The van der Waals surface area contributed by atoms with Crippen LogP contribution < -0.4 is 10.6 Å². The zero-order valence-corrected chi connectivity index (χ0v) is 12.1. The second-order valence-electron chi connectivity index (χ2n) is 5.85. The lowest BCUT2D eigenvalue weighted by atomic mass is 9.93. The smallest absolute Gasteiger partial charge is 0.223 e. The summed E-state index contributed by atoms with van der Waals surface area (Å²) in [7, 11) is 0. The summed E-state index contributed by atoms with van der Waals surface area (Å²) in [5.41, 5.74) is 9.79. The lowest BCUT2D eigenvalue weighted by molar-refractivity contribution is -0.116. The molecule has 0 spiro atoms. The number of hydrogen-bond donors (Lipinski definition) is 1. The fraction of sp³-hybridized carbons (Fsp3) is 0.562. The summed E-state index contributed by atoms with van der Waals surface area (Å²) in [6.45, 7) is 6.78. The Balaban J connectivity index is 2.22. The van der Waals surface area contributed by atoms with Gasteiger partial charge in [0.15, 0.2) is 0 Å². The Morgan fingerprint density at radius 3 is 2.79 bits per heavy atom. The van der Waals surface area contributed by atoms with E-state index in [4.69, 9.17) is 5.73 Å². The van der Waals surface area contributed by atoms with Crippen molar-refractivity contribution < 1.29 is 4.79 Å². The Morgan fingerprint density at radius 1 is 1.42 bits per heavy atom. The average molecular weight is 260 g/mol. The zero-order chi connectivity index (χ0) is 14.0. The third-order valence-electron chi connectivity index (χ3n) is 3.97. The van der Waals surface area contributed by atoms with Crippen LogP contribution in [0.4, 0.5) is 5.69 Å². The van der Waals surface area contributed by atoms with Gasteiger partial charge in [0.05, 0.1) is 0 Å². The molecule has 0 aliphatic carbocycles. The molecule has 0 bridgehead atoms. The van der Waals surface area contributed by atoms with Crippen molar-refractivity contribution in [1.82, 2.24) is 0 Å². The number of carbonyl (C=O) groups excluding carboxylic acids is 1. The van der Waals surface area contributed by atoms with Crippen LogP contribution in [-0.4, -0.2) is 18.5 Å². The summed E-state index contributed by atoms with van der Waals surface area (Å²) in [5.74, 6) is 0.623. The van der Waals surface area contributed by atoms with Gasteiger partial charge in [0, 0.05) is 25.2 Å². The van der Waals surface area contributed by atoms with Crippen LogP contribution in [0.3, 0.4) is 0 Å². The molecule has 1 amide bonds. The molecular formula is C16H24N2O. The van der Waals surface area contributed by atoms with Crippen LogP contribution in [0.2, 0.25) is 0 Å². The van der Waals surface area contributed by atoms with Crippen molar-refractivity contribution in [3.63, 3.8) is 0 Å². The van der Waals surface area contributed by atoms with Crippen LogP contribution in [0.25, 0.3) is 0 Å². The Hall–Kier alpha value is -1.35. The molecule has 0 radical (unpaired) electrons. The van der Waals surface area contributed by atoms with E-state index in [1.165, 1.54) is 11.1 Å². The number of aryl methyl sites for hydroxylation is 1. The third-order valence-corrected chi connectivity index (χ3v) is 3.97. The maximum Gasteiger partial charge on any atom is 0.223 e. The Labute approximate surface area is 115 Å². The van der Waals surface area contributed by atoms with Crippen LogP contribution in [0.15, 0.2) is 18.2 Å². The molecule has 0 fully saturated rings. The highest BCUT2D eigenvalue weighted by Gasteiger charge is 2.20. The summed E-state index contributed by atoms with van der Waals surface area (Å²) in [5, 5.41) is 0. The van der Waals surface area contributed by atoms with E-state index in [-0.39, 0.29) is 11.9 Å². The van der Waals surface area contributed by atoms with Crippen LogP contribution in [0.5, 0.6) is 0 Å². The molecule has 1 heterocycles. The van der Waals surface area contributed by atoms with Crippen LogP contribution in [0.1, 0.15) is 38.3 Å². The predicted molar refractivity (Wildman–Crippen MR) is 79.3 cm³/mol. The van der Waals surface area contributed by atoms with Gasteiger partial charge in [-0.05, 0) is 42.4 Å². The van der Waals surface area contributed by atoms with Gasteiger partial charge in [-0.1, -0.05) is 26.0 Å². The number of nitrogens with zero attached hydrogens (tertiary/aromatic N) is 1. The maximum atomic E-state index is 11.6. The monoisotopic (exact) mass is 260 g/mol. The Kier molecular flexibility index (Phi) is 4.25. The lowest BCUT2D eigenvalue weighted by Gasteiger charge is -2.29. The van der Waals surface area contributed by atoms with Gasteiger partial charge < -0.3 is 10.6 Å². The predicted octanol–water partition coefficient (Wildman–Crippen LogP) is 2.51. The molecule has 1 aliphatic rings. The molecule has 1 atom stereocenters. The SMILES string of the molecule is CC(=O)N1CCCc2cc(CC(N)C(C)C)ccc21. The van der Waals surface area contributed by atoms with E-state index in [1.54, 1.807) is 6.92 Å². The normalized spacial score (nSPS) is 16.4. The summed E-state index contributed by atoms with van der Waals surface area (Å²) >= 11 is 0. The molecular weight excluding hydrogens is 236 g/mol. The fourth-order valence-electron chi connectivity index (χ4n) is 2.61. The molecule has 3 nitrogen and oxygen atoms in total. The highest BCUT2D eigenvalue weighted by molar-refractivity contribution is 5.92. The van der Waals surface area contributed by atoms with Gasteiger partial charge in [-0.3, -0.25) is 4.79 Å². The van der Waals surface area contributed by atoms with Gasteiger partial charge in [0.2, 0.25) is 5.91 Å². The Bertz CT molecular complexity index is 468. The van der Waals surface area contributed by atoms with Gasteiger partial charge in [-0.25, -0.2) is 0 Å². The summed E-state index contributed by atoms with van der Waals surface area (Å²) < 4.78 is 0. The quantitative estimate of drug-likeness (QED) is 0.907. The molecule has 104 valence electrons. The number of anilines is 1. The highest BCUT2D eigenvalue weighted by Crippen LogP contribution is 2.28. The van der Waals surface area contributed by atoms with Crippen molar-refractivity contribution in [2.45, 2.75) is 46.1 Å². The fourth-order valence-corrected chi connectivity index (χ4v) is 2.61. The van der Waals surface area contributed by atoms with E-state index in [0.717, 1.165) is 31.5 Å². The summed E-state index contributed by atoms with van der Waals surface area (Å²) in [6, 6.07) is 6.62. The molecule has 0 saturated carbocycles. The van der Waals surface area contributed by atoms with Crippen molar-refractivity contribution in [3.05, 3.63) is 29.3 Å². The molecule has 19 heavy (non-hydrogen) atoms. The van der Waals surface area contributed by atoms with Crippen molar-refractivity contribution in [2.75, 3.05) is 11.4 Å². The molecule has 1 unspecified atom stereocenters. The lowest BCUT2D eigenvalue weighted by Crippen LogP contribution is -2.33. The second-order valence-corrected chi connectivity index (χ2v) is 5.85. The largest absolute Gasteiger partial charge is 0.327 e. The summed E-state index contributed by atoms with van der Waals surface area (Å²) in [6.07, 6.45) is 3.02. The van der Waals surface area contributed by atoms with Gasteiger partial charge >= 0.3 is 0 Å². The van der Waals surface area contributed by atoms with Crippen molar-refractivity contribution in [3.8, 4) is 0 Å². The van der Waals surface area contributed by atoms with E-state index in [0.29, 0.717) is 5.92 Å². The third kappa shape index (κ3) is 3.16. The van der Waals surface area contributed by atoms with Gasteiger partial charge in [0.25, 0.3) is 0 Å². The first-order valence-corrected chi connectivity index (χ1v) is 7.14. The number of nitrogens with two attached hydrogens (primary N) is 1. The van der Waals surface area contributed by atoms with E-state index in [9.17, 15) is 4.79 Å². The highest BCUT2D eigenvalue weighted by atomic mass is 16.2. The molecule has 1 aliphatic heterocycles. The first-order valence-electron chi connectivity index (χ1n) is 7.14. The molecule has 2 rings (SSSR count). The van der Waals surface area contributed by atoms with E-state index >= 15 is 0 Å².